The smallest absolute Gasteiger partial charge is 0.247 e. The lowest BCUT2D eigenvalue weighted by molar-refractivity contribution is -0.122. The zero-order valence-electron chi connectivity index (χ0n) is 12.2. The van der Waals surface area contributed by atoms with Gasteiger partial charge in [-0.3, -0.25) is 9.69 Å². The fraction of sp³-hybridized carbons (Fsp3) is 0.533. The van der Waals surface area contributed by atoms with E-state index in [9.17, 15) is 4.79 Å². The molecule has 0 aliphatic carbocycles. The number of nitrogens with zero attached hydrogens (tertiary/aromatic N) is 1. The Morgan fingerprint density at radius 1 is 1.42 bits per heavy atom. The number of aryl methyl sites for hydroxylation is 1. The molecule has 0 radical (unpaired) electrons. The Bertz CT molecular complexity index is 444. The number of halogens is 1. The second kappa shape index (κ2) is 6.40. The third kappa shape index (κ3) is 3.48. The van der Waals surface area contributed by atoms with E-state index in [0.29, 0.717) is 0 Å². The Hall–Kier alpha value is -1.06. The highest BCUT2D eigenvalue weighted by Gasteiger charge is 2.35. The summed E-state index contributed by atoms with van der Waals surface area (Å²) in [4.78, 5) is 14.1. The average molecular weight is 284 g/mol. The van der Waals surface area contributed by atoms with E-state index < -0.39 is 11.1 Å². The molecule has 0 aliphatic rings. The number of hydrogen-bond acceptors (Lipinski definition) is 2. The minimum absolute atomic E-state index is 0.158. The van der Waals surface area contributed by atoms with Crippen LogP contribution in [0.3, 0.4) is 0 Å². The van der Waals surface area contributed by atoms with Gasteiger partial charge in [0, 0.05) is 12.8 Å². The number of benzene rings is 1. The molecule has 3 nitrogen and oxygen atoms in total. The molecule has 0 saturated carbocycles. The molecule has 1 aromatic rings. The Morgan fingerprint density at radius 3 is 2.47 bits per heavy atom. The number of anilines is 1. The lowest BCUT2D eigenvalue weighted by Gasteiger charge is -2.39. The van der Waals surface area contributed by atoms with E-state index in [-0.39, 0.29) is 5.91 Å². The van der Waals surface area contributed by atoms with Crippen LogP contribution in [0, 0.1) is 0 Å². The van der Waals surface area contributed by atoms with Gasteiger partial charge in [0.15, 0.2) is 0 Å². The molecule has 0 bridgehead atoms. The molecule has 0 N–H and O–H groups in total. The summed E-state index contributed by atoms with van der Waals surface area (Å²) >= 11 is 5.98. The molecule has 1 rings (SSSR count). The Labute approximate surface area is 120 Å². The number of hydrogen-bond donors (Lipinski definition) is 0. The first-order valence-electron chi connectivity index (χ1n) is 6.46. The van der Waals surface area contributed by atoms with Gasteiger partial charge < -0.3 is 4.74 Å². The molecule has 0 spiro atoms. The van der Waals surface area contributed by atoms with E-state index in [4.69, 9.17) is 16.3 Å². The summed E-state index contributed by atoms with van der Waals surface area (Å²) in [6, 6.07) is 7.82. The minimum Gasteiger partial charge on any atom is -0.359 e. The van der Waals surface area contributed by atoms with Crippen molar-refractivity contribution in [1.82, 2.24) is 0 Å². The van der Waals surface area contributed by atoms with Crippen LogP contribution in [0.2, 0.25) is 0 Å². The predicted molar refractivity (Wildman–Crippen MR) is 79.7 cm³/mol. The third-order valence-electron chi connectivity index (χ3n) is 3.21. The van der Waals surface area contributed by atoms with Gasteiger partial charge in [-0.15, -0.1) is 11.6 Å². The van der Waals surface area contributed by atoms with Crippen LogP contribution in [0.4, 0.5) is 5.69 Å². The Balaban J connectivity index is 3.35. The predicted octanol–water partition coefficient (Wildman–Crippen LogP) is 3.59. The van der Waals surface area contributed by atoms with Crippen molar-refractivity contribution in [3.8, 4) is 0 Å². The van der Waals surface area contributed by atoms with Gasteiger partial charge in [0.25, 0.3) is 0 Å². The van der Waals surface area contributed by atoms with Gasteiger partial charge in [-0.25, -0.2) is 0 Å². The van der Waals surface area contributed by atoms with E-state index in [1.165, 1.54) is 0 Å². The number of para-hydroxylation sites is 1. The fourth-order valence-electron chi connectivity index (χ4n) is 1.97. The Kier molecular flexibility index (Phi) is 5.39. The molecular formula is C15H22ClNO2. The van der Waals surface area contributed by atoms with Gasteiger partial charge in [0.2, 0.25) is 5.91 Å². The summed E-state index contributed by atoms with van der Waals surface area (Å²) in [6.07, 6.45) is 0.844. The van der Waals surface area contributed by atoms with Gasteiger partial charge in [-0.1, -0.05) is 25.1 Å². The molecule has 1 unspecified atom stereocenters. The molecule has 0 fully saturated rings. The van der Waals surface area contributed by atoms with E-state index in [2.05, 4.69) is 6.92 Å². The number of amides is 1. The summed E-state index contributed by atoms with van der Waals surface area (Å²) in [5, 5.41) is -0.598. The van der Waals surface area contributed by atoms with Crippen LogP contribution >= 0.6 is 11.6 Å². The Morgan fingerprint density at radius 2 is 2.00 bits per heavy atom. The lowest BCUT2D eigenvalue weighted by Crippen LogP contribution is -2.52. The topological polar surface area (TPSA) is 29.5 Å². The van der Waals surface area contributed by atoms with Crippen molar-refractivity contribution in [2.75, 3.05) is 12.0 Å². The monoisotopic (exact) mass is 283 g/mol. The zero-order chi connectivity index (χ0) is 14.6. The van der Waals surface area contributed by atoms with E-state index >= 15 is 0 Å². The first-order valence-corrected chi connectivity index (χ1v) is 6.90. The molecule has 4 heteroatoms. The highest BCUT2D eigenvalue weighted by atomic mass is 35.5. The number of carbonyl (C=O) groups excluding carboxylic acids is 1. The molecule has 1 amide bonds. The van der Waals surface area contributed by atoms with Crippen LogP contribution in [0.25, 0.3) is 0 Å². The summed E-state index contributed by atoms with van der Waals surface area (Å²) in [7, 11) is 1.59. The highest BCUT2D eigenvalue weighted by molar-refractivity contribution is 6.32. The second-order valence-electron chi connectivity index (χ2n) is 4.92. The molecule has 0 heterocycles. The molecule has 1 atom stereocenters. The van der Waals surface area contributed by atoms with Crippen LogP contribution in [-0.4, -0.2) is 24.1 Å². The van der Waals surface area contributed by atoms with Crippen LogP contribution in [0.5, 0.6) is 0 Å². The number of methoxy groups -OCH3 is 1. The van der Waals surface area contributed by atoms with Gasteiger partial charge in [-0.2, -0.15) is 0 Å². The number of carbonyl (C=O) groups is 1. The molecule has 0 aromatic heterocycles. The SMILES string of the molecule is CCc1ccccc1N(C(=O)C(C)Cl)C(C)(C)OC. The van der Waals surface area contributed by atoms with Crippen molar-refractivity contribution in [1.29, 1.82) is 0 Å². The minimum atomic E-state index is -0.745. The van der Waals surface area contributed by atoms with E-state index in [1.54, 1.807) is 18.9 Å². The van der Waals surface area contributed by atoms with Crippen molar-refractivity contribution in [3.63, 3.8) is 0 Å². The number of ether oxygens (including phenoxy) is 1. The van der Waals surface area contributed by atoms with Crippen molar-refractivity contribution < 1.29 is 9.53 Å². The van der Waals surface area contributed by atoms with E-state index in [0.717, 1.165) is 17.7 Å². The largest absolute Gasteiger partial charge is 0.359 e. The molecular weight excluding hydrogens is 262 g/mol. The maximum Gasteiger partial charge on any atom is 0.247 e. The van der Waals surface area contributed by atoms with Crippen LogP contribution in [-0.2, 0) is 16.0 Å². The fourth-order valence-corrected chi connectivity index (χ4v) is 2.07. The van der Waals surface area contributed by atoms with Gasteiger partial charge >= 0.3 is 0 Å². The summed E-state index contributed by atoms with van der Waals surface area (Å²) in [6.45, 7) is 7.45. The summed E-state index contributed by atoms with van der Waals surface area (Å²) < 4.78 is 5.47. The third-order valence-corrected chi connectivity index (χ3v) is 3.40. The molecule has 1 aromatic carbocycles. The van der Waals surface area contributed by atoms with Crippen molar-refractivity contribution in [2.45, 2.75) is 45.2 Å². The van der Waals surface area contributed by atoms with Crippen molar-refractivity contribution in [2.24, 2.45) is 0 Å². The first kappa shape index (κ1) is 16.0. The standard InChI is InChI=1S/C15H22ClNO2/c1-6-12-9-7-8-10-13(12)17(14(18)11(2)16)15(3,4)19-5/h7-11H,6H2,1-5H3. The highest BCUT2D eigenvalue weighted by Crippen LogP contribution is 2.30. The molecule has 0 aliphatic heterocycles. The number of rotatable bonds is 5. The summed E-state index contributed by atoms with van der Waals surface area (Å²) in [5.74, 6) is -0.158. The van der Waals surface area contributed by atoms with Crippen molar-refractivity contribution >= 4 is 23.2 Å². The van der Waals surface area contributed by atoms with Crippen LogP contribution < -0.4 is 4.90 Å². The maximum atomic E-state index is 12.4. The lowest BCUT2D eigenvalue weighted by atomic mass is 10.1. The van der Waals surface area contributed by atoms with Crippen molar-refractivity contribution in [3.05, 3.63) is 29.8 Å². The normalized spacial score (nSPS) is 13.2. The molecule has 0 saturated heterocycles. The first-order chi connectivity index (χ1) is 8.85. The molecule has 19 heavy (non-hydrogen) atoms. The maximum absolute atomic E-state index is 12.4. The van der Waals surface area contributed by atoms with Gasteiger partial charge in [0.05, 0.1) is 0 Å². The van der Waals surface area contributed by atoms with E-state index in [1.807, 2.05) is 38.1 Å². The van der Waals surface area contributed by atoms with Gasteiger partial charge in [0.1, 0.15) is 11.1 Å². The van der Waals surface area contributed by atoms with Crippen LogP contribution in [0.15, 0.2) is 24.3 Å². The number of alkyl halides is 1. The van der Waals surface area contributed by atoms with Crippen LogP contribution in [0.1, 0.15) is 33.3 Å². The quantitative estimate of drug-likeness (QED) is 0.610. The summed E-state index contributed by atoms with van der Waals surface area (Å²) in [5.41, 5.74) is 1.21. The van der Waals surface area contributed by atoms with Gasteiger partial charge in [-0.05, 0) is 38.8 Å². The second-order valence-corrected chi connectivity index (χ2v) is 5.58. The molecule has 106 valence electrons. The average Bonchev–Trinajstić information content (AvgIpc) is 2.39. The zero-order valence-corrected chi connectivity index (χ0v) is 13.0.